The minimum absolute atomic E-state index is 0.0790. The van der Waals surface area contributed by atoms with Crippen LogP contribution in [0.25, 0.3) is 33.4 Å². The summed E-state index contributed by atoms with van der Waals surface area (Å²) in [6.45, 7) is 0. The molecule has 34 heavy (non-hydrogen) atoms. The van der Waals surface area contributed by atoms with E-state index in [0.29, 0.717) is 22.8 Å². The van der Waals surface area contributed by atoms with E-state index in [-0.39, 0.29) is 11.8 Å². The Morgan fingerprint density at radius 2 is 1.59 bits per heavy atom. The Labute approximate surface area is 195 Å². The van der Waals surface area contributed by atoms with Gasteiger partial charge in [-0.2, -0.15) is 4.98 Å². The van der Waals surface area contributed by atoms with Crippen molar-refractivity contribution in [1.29, 1.82) is 0 Å². The second kappa shape index (κ2) is 8.67. The quantitative estimate of drug-likeness (QED) is 0.327. The van der Waals surface area contributed by atoms with Crippen molar-refractivity contribution in [2.24, 2.45) is 0 Å². The number of nitrogen functional groups attached to an aromatic ring is 2. The molecule has 0 amide bonds. The van der Waals surface area contributed by atoms with Crippen molar-refractivity contribution < 1.29 is 9.13 Å². The number of ether oxygens (including phenoxy) is 1. The fourth-order valence-electron chi connectivity index (χ4n) is 3.71. The molecule has 0 fully saturated rings. The molecule has 3 aromatic carbocycles. The van der Waals surface area contributed by atoms with Crippen LogP contribution >= 0.6 is 0 Å². The molecule has 5 N–H and O–H groups in total. The molecule has 168 valence electrons. The van der Waals surface area contributed by atoms with Gasteiger partial charge in [-0.1, -0.05) is 12.1 Å². The van der Waals surface area contributed by atoms with Crippen molar-refractivity contribution in [2.75, 3.05) is 23.9 Å². The lowest BCUT2D eigenvalue weighted by molar-refractivity contribution is 0.415. The molecule has 0 saturated carbocycles. The summed E-state index contributed by atoms with van der Waals surface area (Å²) in [5.74, 6) is 0.984. The molecule has 0 bridgehead atoms. The molecule has 0 saturated heterocycles. The average Bonchev–Trinajstić information content (AvgIpc) is 2.84. The van der Waals surface area contributed by atoms with Crippen LogP contribution in [0.1, 0.15) is 0 Å². The molecule has 5 rings (SSSR count). The second-order valence-corrected chi connectivity index (χ2v) is 7.69. The van der Waals surface area contributed by atoms with Gasteiger partial charge < -0.3 is 21.5 Å². The van der Waals surface area contributed by atoms with Gasteiger partial charge in [-0.25, -0.2) is 14.4 Å². The van der Waals surface area contributed by atoms with Gasteiger partial charge in [0.25, 0.3) is 0 Å². The highest BCUT2D eigenvalue weighted by Crippen LogP contribution is 2.30. The number of hydrogen-bond donors (Lipinski definition) is 3. The van der Waals surface area contributed by atoms with Gasteiger partial charge in [0.2, 0.25) is 5.95 Å². The standard InChI is InChI=1S/C26H21FN6O/c1-34-19-8-5-15(6-9-19)23-13-21(28)20-12-18(7-10-22(20)31-23)30-25-14-24(32-26(29)33-25)16-3-2-4-17(27)11-16/h2-14H,1H3,(H2,28,31)(H3,29,30,32,33). The summed E-state index contributed by atoms with van der Waals surface area (Å²) in [5.41, 5.74) is 17.2. The monoisotopic (exact) mass is 452 g/mol. The first-order valence-electron chi connectivity index (χ1n) is 10.5. The minimum Gasteiger partial charge on any atom is -0.497 e. The van der Waals surface area contributed by atoms with Gasteiger partial charge in [-0.3, -0.25) is 0 Å². The number of nitrogens with two attached hydrogens (primary N) is 2. The zero-order valence-corrected chi connectivity index (χ0v) is 18.3. The van der Waals surface area contributed by atoms with Crippen LogP contribution in [0.3, 0.4) is 0 Å². The summed E-state index contributed by atoms with van der Waals surface area (Å²) in [6.07, 6.45) is 0. The van der Waals surface area contributed by atoms with E-state index in [9.17, 15) is 4.39 Å². The molecule has 0 aliphatic rings. The lowest BCUT2D eigenvalue weighted by Gasteiger charge is -2.11. The fraction of sp³-hybridized carbons (Fsp3) is 0.0385. The lowest BCUT2D eigenvalue weighted by Crippen LogP contribution is -2.02. The molecular formula is C26H21FN6O. The first kappa shape index (κ1) is 21.1. The highest BCUT2D eigenvalue weighted by atomic mass is 19.1. The number of hydrogen-bond acceptors (Lipinski definition) is 7. The van der Waals surface area contributed by atoms with Gasteiger partial charge in [0.1, 0.15) is 17.4 Å². The first-order chi connectivity index (χ1) is 16.5. The van der Waals surface area contributed by atoms with Crippen molar-refractivity contribution in [3.63, 3.8) is 0 Å². The number of fused-ring (bicyclic) bond motifs is 1. The van der Waals surface area contributed by atoms with Crippen molar-refractivity contribution in [3.8, 4) is 28.3 Å². The van der Waals surface area contributed by atoms with E-state index in [1.54, 1.807) is 25.3 Å². The summed E-state index contributed by atoms with van der Waals surface area (Å²) in [4.78, 5) is 13.2. The maximum Gasteiger partial charge on any atom is 0.222 e. The molecule has 7 nitrogen and oxygen atoms in total. The van der Waals surface area contributed by atoms with Gasteiger partial charge in [0.05, 0.1) is 24.0 Å². The summed E-state index contributed by atoms with van der Waals surface area (Å²) in [7, 11) is 1.63. The predicted octanol–water partition coefficient (Wildman–Crippen LogP) is 5.41. The van der Waals surface area contributed by atoms with E-state index in [1.165, 1.54) is 12.1 Å². The van der Waals surface area contributed by atoms with Gasteiger partial charge in [-0.05, 0) is 60.7 Å². The Hall–Kier alpha value is -4.72. The Bertz CT molecular complexity index is 1500. The van der Waals surface area contributed by atoms with E-state index < -0.39 is 0 Å². The Balaban J connectivity index is 1.46. The van der Waals surface area contributed by atoms with Gasteiger partial charge in [0, 0.05) is 34.0 Å². The van der Waals surface area contributed by atoms with E-state index in [4.69, 9.17) is 21.2 Å². The van der Waals surface area contributed by atoms with Crippen molar-refractivity contribution >= 4 is 34.0 Å². The topological polar surface area (TPSA) is 112 Å². The molecule has 0 aliphatic heterocycles. The van der Waals surface area contributed by atoms with E-state index in [1.807, 2.05) is 48.5 Å². The molecule has 0 radical (unpaired) electrons. The van der Waals surface area contributed by atoms with Crippen LogP contribution < -0.4 is 21.5 Å². The van der Waals surface area contributed by atoms with Crippen LogP contribution in [0.5, 0.6) is 5.75 Å². The molecule has 0 spiro atoms. The summed E-state index contributed by atoms with van der Waals surface area (Å²) in [6, 6.07) is 23.0. The van der Waals surface area contributed by atoms with Crippen LogP contribution in [0.2, 0.25) is 0 Å². The van der Waals surface area contributed by atoms with Crippen molar-refractivity contribution in [1.82, 2.24) is 15.0 Å². The third kappa shape index (κ3) is 4.29. The smallest absolute Gasteiger partial charge is 0.222 e. The molecule has 2 aromatic heterocycles. The SMILES string of the molecule is COc1ccc(-c2cc(N)c3cc(Nc4cc(-c5cccc(F)c5)nc(N)n4)ccc3n2)cc1. The average molecular weight is 452 g/mol. The normalized spacial score (nSPS) is 10.9. The summed E-state index contributed by atoms with van der Waals surface area (Å²) < 4.78 is 18.9. The number of nitrogens with one attached hydrogen (secondary N) is 1. The number of rotatable bonds is 5. The number of pyridine rings is 1. The van der Waals surface area contributed by atoms with Gasteiger partial charge in [-0.15, -0.1) is 0 Å². The number of halogens is 1. The third-order valence-corrected chi connectivity index (χ3v) is 5.36. The molecule has 0 unspecified atom stereocenters. The van der Waals surface area contributed by atoms with Crippen LogP contribution in [0, 0.1) is 5.82 Å². The first-order valence-corrected chi connectivity index (χ1v) is 10.5. The van der Waals surface area contributed by atoms with Crippen LogP contribution in [0.15, 0.2) is 78.9 Å². The van der Waals surface area contributed by atoms with Crippen LogP contribution in [-0.2, 0) is 0 Å². The zero-order chi connectivity index (χ0) is 23.7. The molecule has 2 heterocycles. The largest absolute Gasteiger partial charge is 0.497 e. The minimum atomic E-state index is -0.351. The zero-order valence-electron chi connectivity index (χ0n) is 18.3. The van der Waals surface area contributed by atoms with Gasteiger partial charge >= 0.3 is 0 Å². The highest BCUT2D eigenvalue weighted by Gasteiger charge is 2.10. The van der Waals surface area contributed by atoms with Crippen molar-refractivity contribution in [2.45, 2.75) is 0 Å². The maximum atomic E-state index is 13.6. The third-order valence-electron chi connectivity index (χ3n) is 5.36. The van der Waals surface area contributed by atoms with Gasteiger partial charge in [0.15, 0.2) is 0 Å². The molecule has 5 aromatic rings. The number of nitrogens with zero attached hydrogens (tertiary/aromatic N) is 3. The molecule has 8 heteroatoms. The second-order valence-electron chi connectivity index (χ2n) is 7.69. The Morgan fingerprint density at radius 1 is 0.794 bits per heavy atom. The summed E-state index contributed by atoms with van der Waals surface area (Å²) in [5, 5.41) is 4.03. The lowest BCUT2D eigenvalue weighted by atomic mass is 10.1. The molecule has 0 aliphatic carbocycles. The van der Waals surface area contributed by atoms with Crippen LogP contribution in [-0.4, -0.2) is 22.1 Å². The highest BCUT2D eigenvalue weighted by molar-refractivity contribution is 5.95. The maximum absolute atomic E-state index is 13.6. The molecule has 0 atom stereocenters. The Morgan fingerprint density at radius 3 is 2.35 bits per heavy atom. The fourth-order valence-corrected chi connectivity index (χ4v) is 3.71. The van der Waals surface area contributed by atoms with Crippen molar-refractivity contribution in [3.05, 3.63) is 84.7 Å². The number of aromatic nitrogens is 3. The van der Waals surface area contributed by atoms with E-state index in [0.717, 1.165) is 33.6 Å². The van der Waals surface area contributed by atoms with E-state index in [2.05, 4.69) is 15.3 Å². The predicted molar refractivity (Wildman–Crippen MR) is 133 cm³/mol. The number of anilines is 4. The molecular weight excluding hydrogens is 431 g/mol. The number of methoxy groups -OCH3 is 1. The summed E-state index contributed by atoms with van der Waals surface area (Å²) >= 11 is 0. The van der Waals surface area contributed by atoms with E-state index >= 15 is 0 Å². The van der Waals surface area contributed by atoms with Crippen LogP contribution in [0.4, 0.5) is 27.5 Å². The Kier molecular flexibility index (Phi) is 5.39. The number of benzene rings is 3.